The summed E-state index contributed by atoms with van der Waals surface area (Å²) in [6.45, 7) is 2.04. The Morgan fingerprint density at radius 2 is 1.77 bits per heavy atom. The van der Waals surface area contributed by atoms with Gasteiger partial charge in [0.05, 0.1) is 30.9 Å². The number of aromatic carboxylic acids is 1. The van der Waals surface area contributed by atoms with E-state index in [0.29, 0.717) is 23.0 Å². The summed E-state index contributed by atoms with van der Waals surface area (Å²) in [5, 5.41) is 13.7. The number of aromatic nitrogens is 2. The first kappa shape index (κ1) is 19.7. The molecular formula is C22H19N3O4S. The van der Waals surface area contributed by atoms with Crippen molar-refractivity contribution >= 4 is 39.0 Å². The van der Waals surface area contributed by atoms with Crippen LogP contribution in [0.2, 0.25) is 0 Å². The van der Waals surface area contributed by atoms with Crippen LogP contribution >= 0.6 is 11.3 Å². The second-order valence-corrected chi connectivity index (χ2v) is 7.69. The highest BCUT2D eigenvalue weighted by Gasteiger charge is 2.20. The highest BCUT2D eigenvalue weighted by Crippen LogP contribution is 2.42. The van der Waals surface area contributed by atoms with Crippen LogP contribution in [0, 0.1) is 6.92 Å². The van der Waals surface area contributed by atoms with Gasteiger partial charge in [0.1, 0.15) is 17.0 Å². The summed E-state index contributed by atoms with van der Waals surface area (Å²) in [6.07, 6.45) is 1.47. The molecule has 0 aliphatic heterocycles. The largest absolute Gasteiger partial charge is 0.493 e. The third-order valence-electron chi connectivity index (χ3n) is 4.73. The smallest absolute Gasteiger partial charge is 0.337 e. The number of methoxy groups -OCH3 is 2. The number of thiophene rings is 1. The number of benzene rings is 2. The molecule has 0 aliphatic rings. The van der Waals surface area contributed by atoms with Crippen molar-refractivity contribution in [2.45, 2.75) is 6.92 Å². The molecule has 2 aromatic carbocycles. The molecule has 0 saturated heterocycles. The molecule has 30 heavy (non-hydrogen) atoms. The van der Waals surface area contributed by atoms with Crippen LogP contribution in [0.5, 0.6) is 11.5 Å². The zero-order valence-corrected chi connectivity index (χ0v) is 17.4. The van der Waals surface area contributed by atoms with Crippen LogP contribution in [-0.2, 0) is 0 Å². The summed E-state index contributed by atoms with van der Waals surface area (Å²) in [6, 6.07) is 13.0. The summed E-state index contributed by atoms with van der Waals surface area (Å²) in [7, 11) is 2.96. The van der Waals surface area contributed by atoms with Gasteiger partial charge in [-0.15, -0.1) is 11.3 Å². The van der Waals surface area contributed by atoms with Gasteiger partial charge < -0.3 is 19.9 Å². The quantitative estimate of drug-likeness (QED) is 0.446. The SMILES string of the molecule is COc1cc(Nc2ncnc3sc(C)c(-c4ccccc4)c23)c(C(=O)O)cc1OC. The van der Waals surface area contributed by atoms with Gasteiger partial charge in [0.25, 0.3) is 0 Å². The highest BCUT2D eigenvalue weighted by molar-refractivity contribution is 7.19. The Labute approximate surface area is 176 Å². The van der Waals surface area contributed by atoms with Crippen LogP contribution in [0.1, 0.15) is 15.2 Å². The van der Waals surface area contributed by atoms with Gasteiger partial charge in [-0.2, -0.15) is 0 Å². The van der Waals surface area contributed by atoms with Crippen molar-refractivity contribution in [2.75, 3.05) is 19.5 Å². The van der Waals surface area contributed by atoms with E-state index in [2.05, 4.69) is 15.3 Å². The number of nitrogens with one attached hydrogen (secondary N) is 1. The van der Waals surface area contributed by atoms with Gasteiger partial charge in [0, 0.05) is 22.6 Å². The molecule has 0 radical (unpaired) electrons. The lowest BCUT2D eigenvalue weighted by Crippen LogP contribution is -2.06. The molecule has 8 heteroatoms. The molecule has 0 fully saturated rings. The molecule has 0 amide bonds. The molecule has 0 atom stereocenters. The Morgan fingerprint density at radius 1 is 1.07 bits per heavy atom. The molecule has 0 aliphatic carbocycles. The van der Waals surface area contributed by atoms with E-state index in [4.69, 9.17) is 9.47 Å². The van der Waals surface area contributed by atoms with Crippen LogP contribution in [0.3, 0.4) is 0 Å². The molecule has 152 valence electrons. The number of aryl methyl sites for hydroxylation is 1. The standard InChI is InChI=1S/C22H19N3O4S/c1-12-18(13-7-5-4-6-8-13)19-20(23-11-24-21(19)30-12)25-15-10-17(29-3)16(28-2)9-14(15)22(26)27/h4-11H,1-3H3,(H,26,27)(H,23,24,25). The van der Waals surface area contributed by atoms with Crippen molar-refractivity contribution in [1.82, 2.24) is 9.97 Å². The maximum absolute atomic E-state index is 11.9. The van der Waals surface area contributed by atoms with Crippen LogP contribution in [0.25, 0.3) is 21.3 Å². The van der Waals surface area contributed by atoms with E-state index in [-0.39, 0.29) is 5.56 Å². The fraction of sp³-hybridized carbons (Fsp3) is 0.136. The molecule has 4 aromatic rings. The zero-order chi connectivity index (χ0) is 21.3. The second-order valence-electron chi connectivity index (χ2n) is 6.48. The van der Waals surface area contributed by atoms with Crippen molar-refractivity contribution < 1.29 is 19.4 Å². The summed E-state index contributed by atoms with van der Waals surface area (Å²) >= 11 is 1.57. The summed E-state index contributed by atoms with van der Waals surface area (Å²) < 4.78 is 10.6. The third-order valence-corrected chi connectivity index (χ3v) is 5.75. The number of carboxylic acid groups (broad SMARTS) is 1. The number of carbonyl (C=O) groups is 1. The average Bonchev–Trinajstić information content (AvgIpc) is 3.10. The molecule has 0 unspecified atom stereocenters. The lowest BCUT2D eigenvalue weighted by molar-refractivity contribution is 0.0697. The number of ether oxygens (including phenoxy) is 2. The monoisotopic (exact) mass is 421 g/mol. The van der Waals surface area contributed by atoms with Gasteiger partial charge in [0.2, 0.25) is 0 Å². The molecule has 2 N–H and O–H groups in total. The molecule has 2 heterocycles. The summed E-state index contributed by atoms with van der Waals surface area (Å²) in [5.74, 6) is 0.191. The predicted octanol–water partition coefficient (Wildman–Crippen LogP) is 5.13. The first-order valence-electron chi connectivity index (χ1n) is 9.09. The van der Waals surface area contributed by atoms with Gasteiger partial charge in [-0.3, -0.25) is 0 Å². The van der Waals surface area contributed by atoms with Crippen LogP contribution in [-0.4, -0.2) is 35.3 Å². The van der Waals surface area contributed by atoms with Gasteiger partial charge in [-0.05, 0) is 12.5 Å². The van der Waals surface area contributed by atoms with Gasteiger partial charge in [-0.25, -0.2) is 14.8 Å². The number of fused-ring (bicyclic) bond motifs is 1. The van der Waals surface area contributed by atoms with Gasteiger partial charge >= 0.3 is 5.97 Å². The van der Waals surface area contributed by atoms with E-state index >= 15 is 0 Å². The number of anilines is 2. The first-order chi connectivity index (χ1) is 14.5. The van der Waals surface area contributed by atoms with E-state index in [1.54, 1.807) is 17.4 Å². The van der Waals surface area contributed by atoms with Crippen molar-refractivity contribution in [3.63, 3.8) is 0 Å². The zero-order valence-electron chi connectivity index (χ0n) is 16.6. The Balaban J connectivity index is 1.91. The number of carboxylic acids is 1. The Bertz CT molecular complexity index is 1240. The Kier molecular flexibility index (Phi) is 5.24. The maximum Gasteiger partial charge on any atom is 0.337 e. The van der Waals surface area contributed by atoms with E-state index in [9.17, 15) is 9.90 Å². The third kappa shape index (κ3) is 3.42. The van der Waals surface area contributed by atoms with Gasteiger partial charge in [0.15, 0.2) is 11.5 Å². The summed E-state index contributed by atoms with van der Waals surface area (Å²) in [4.78, 5) is 22.6. The van der Waals surface area contributed by atoms with Crippen molar-refractivity contribution in [3.05, 3.63) is 59.2 Å². The lowest BCUT2D eigenvalue weighted by Gasteiger charge is -2.15. The van der Waals surface area contributed by atoms with Crippen LogP contribution in [0.15, 0.2) is 48.8 Å². The van der Waals surface area contributed by atoms with E-state index in [1.165, 1.54) is 26.6 Å². The van der Waals surface area contributed by atoms with Crippen molar-refractivity contribution in [1.29, 1.82) is 0 Å². The first-order valence-corrected chi connectivity index (χ1v) is 9.91. The topological polar surface area (TPSA) is 93.6 Å². The molecule has 0 saturated carbocycles. The fourth-order valence-electron chi connectivity index (χ4n) is 3.38. The number of hydrogen-bond acceptors (Lipinski definition) is 7. The van der Waals surface area contributed by atoms with Crippen molar-refractivity contribution in [2.24, 2.45) is 0 Å². The minimum Gasteiger partial charge on any atom is -0.493 e. The molecule has 7 nitrogen and oxygen atoms in total. The molecule has 2 aromatic heterocycles. The average molecular weight is 421 g/mol. The number of rotatable bonds is 6. The second kappa shape index (κ2) is 8.00. The number of hydrogen-bond donors (Lipinski definition) is 2. The Morgan fingerprint density at radius 3 is 2.43 bits per heavy atom. The minimum atomic E-state index is -1.09. The van der Waals surface area contributed by atoms with Crippen LogP contribution < -0.4 is 14.8 Å². The predicted molar refractivity (Wildman–Crippen MR) is 117 cm³/mol. The van der Waals surface area contributed by atoms with E-state index in [0.717, 1.165) is 26.2 Å². The lowest BCUT2D eigenvalue weighted by atomic mass is 10.0. The van der Waals surface area contributed by atoms with Gasteiger partial charge in [-0.1, -0.05) is 30.3 Å². The molecule has 0 spiro atoms. The fourth-order valence-corrected chi connectivity index (χ4v) is 4.39. The molecule has 0 bridgehead atoms. The van der Waals surface area contributed by atoms with E-state index < -0.39 is 5.97 Å². The number of nitrogens with zero attached hydrogens (tertiary/aromatic N) is 2. The van der Waals surface area contributed by atoms with Crippen molar-refractivity contribution in [3.8, 4) is 22.6 Å². The maximum atomic E-state index is 11.9. The minimum absolute atomic E-state index is 0.0487. The van der Waals surface area contributed by atoms with Crippen LogP contribution in [0.4, 0.5) is 11.5 Å². The normalized spacial score (nSPS) is 10.8. The highest BCUT2D eigenvalue weighted by atomic mass is 32.1. The van der Waals surface area contributed by atoms with E-state index in [1.807, 2.05) is 37.3 Å². The molecule has 4 rings (SSSR count). The summed E-state index contributed by atoms with van der Waals surface area (Å²) in [5.41, 5.74) is 2.47. The Hall–Kier alpha value is -3.65. The molecular weight excluding hydrogens is 402 g/mol.